The summed E-state index contributed by atoms with van der Waals surface area (Å²) in [6.45, 7) is 0. The first kappa shape index (κ1) is 16.8. The number of hydrogen-bond acceptors (Lipinski definition) is 3. The number of carbonyl (C=O) groups excluding carboxylic acids is 1. The van der Waals surface area contributed by atoms with Gasteiger partial charge in [-0.1, -0.05) is 41.4 Å². The van der Waals surface area contributed by atoms with Gasteiger partial charge in [0.1, 0.15) is 11.5 Å². The molecule has 2 aromatic carbocycles. The maximum atomic E-state index is 11.6. The normalized spacial score (nSPS) is 11.9. The van der Waals surface area contributed by atoms with E-state index in [1.807, 2.05) is 0 Å². The lowest BCUT2D eigenvalue weighted by molar-refractivity contribution is -0.115. The lowest BCUT2D eigenvalue weighted by Crippen LogP contribution is -2.20. The van der Waals surface area contributed by atoms with Gasteiger partial charge in [-0.3, -0.25) is 9.00 Å². The minimum absolute atomic E-state index is 0.145. The molecule has 22 heavy (non-hydrogen) atoms. The van der Waals surface area contributed by atoms with Crippen LogP contribution in [0, 0.1) is 0 Å². The average molecular weight is 358 g/mol. The van der Waals surface area contributed by atoms with Crippen molar-refractivity contribution in [3.8, 4) is 11.5 Å². The van der Waals surface area contributed by atoms with Gasteiger partial charge in [-0.2, -0.15) is 0 Å². The molecule has 0 radical (unpaired) electrons. The maximum absolute atomic E-state index is 11.6. The molecule has 2 aromatic rings. The Balaban J connectivity index is 2.06. The van der Waals surface area contributed by atoms with Gasteiger partial charge in [-0.25, -0.2) is 0 Å². The molecule has 0 heterocycles. The van der Waals surface area contributed by atoms with E-state index in [1.54, 1.807) is 42.5 Å². The van der Waals surface area contributed by atoms with Crippen LogP contribution < -0.4 is 10.5 Å². The zero-order valence-electron chi connectivity index (χ0n) is 11.4. The van der Waals surface area contributed by atoms with Crippen molar-refractivity contribution in [3.05, 3.63) is 58.1 Å². The van der Waals surface area contributed by atoms with E-state index in [9.17, 15) is 9.00 Å². The molecule has 0 aliphatic heterocycles. The van der Waals surface area contributed by atoms with Crippen molar-refractivity contribution in [1.29, 1.82) is 0 Å². The molecule has 0 fully saturated rings. The lowest BCUT2D eigenvalue weighted by atomic mass is 10.2. The molecule has 4 nitrogen and oxygen atoms in total. The molecular formula is C15H13Cl2NO3S. The van der Waals surface area contributed by atoms with E-state index in [2.05, 4.69) is 0 Å². The molecular weight excluding hydrogens is 345 g/mol. The Bertz CT molecular complexity index is 684. The monoisotopic (exact) mass is 357 g/mol. The second kappa shape index (κ2) is 7.63. The Morgan fingerprint density at radius 1 is 1.09 bits per heavy atom. The number of halogens is 2. The number of nitrogens with two attached hydrogens (primary N) is 1. The van der Waals surface area contributed by atoms with Gasteiger partial charge in [-0.15, -0.1) is 0 Å². The number of rotatable bonds is 6. The summed E-state index contributed by atoms with van der Waals surface area (Å²) in [4.78, 5) is 10.7. The van der Waals surface area contributed by atoms with E-state index < -0.39 is 16.7 Å². The van der Waals surface area contributed by atoms with E-state index in [1.165, 1.54) is 0 Å². The minimum atomic E-state index is -1.31. The van der Waals surface area contributed by atoms with Crippen LogP contribution in [-0.4, -0.2) is 15.9 Å². The first-order chi connectivity index (χ1) is 10.5. The van der Waals surface area contributed by atoms with Crippen molar-refractivity contribution in [1.82, 2.24) is 0 Å². The van der Waals surface area contributed by atoms with E-state index in [0.29, 0.717) is 21.5 Å². The van der Waals surface area contributed by atoms with E-state index in [-0.39, 0.29) is 11.5 Å². The highest BCUT2D eigenvalue weighted by Crippen LogP contribution is 2.35. The largest absolute Gasteiger partial charge is 0.454 e. The second-order valence-electron chi connectivity index (χ2n) is 4.49. The number of benzene rings is 2. The summed E-state index contributed by atoms with van der Waals surface area (Å²) in [7, 11) is -1.31. The topological polar surface area (TPSA) is 69.4 Å². The van der Waals surface area contributed by atoms with Crippen molar-refractivity contribution in [2.75, 3.05) is 5.75 Å². The molecule has 0 aliphatic carbocycles. The smallest absolute Gasteiger partial charge is 0.230 e. The van der Waals surface area contributed by atoms with Crippen LogP contribution in [0.1, 0.15) is 5.56 Å². The average Bonchev–Trinajstić information content (AvgIpc) is 2.44. The third-order valence-corrected chi connectivity index (χ3v) is 4.55. The second-order valence-corrected chi connectivity index (χ2v) is 6.76. The molecule has 2 N–H and O–H groups in total. The zero-order chi connectivity index (χ0) is 16.1. The molecule has 1 unspecified atom stereocenters. The highest BCUT2D eigenvalue weighted by Gasteiger charge is 2.09. The molecule has 0 saturated carbocycles. The molecule has 0 saturated heterocycles. The molecule has 2 rings (SSSR count). The number of primary amides is 1. The quantitative estimate of drug-likeness (QED) is 0.859. The maximum Gasteiger partial charge on any atom is 0.230 e. The van der Waals surface area contributed by atoms with Crippen molar-refractivity contribution in [2.24, 2.45) is 5.73 Å². The number of ether oxygens (including phenoxy) is 1. The highest BCUT2D eigenvalue weighted by atomic mass is 35.5. The van der Waals surface area contributed by atoms with Crippen molar-refractivity contribution in [2.45, 2.75) is 5.75 Å². The van der Waals surface area contributed by atoms with Gasteiger partial charge in [-0.05, 0) is 29.8 Å². The Labute approximate surface area is 140 Å². The van der Waals surface area contributed by atoms with Gasteiger partial charge in [0.25, 0.3) is 0 Å². The summed E-state index contributed by atoms with van der Waals surface area (Å²) < 4.78 is 17.3. The molecule has 0 bridgehead atoms. The molecule has 7 heteroatoms. The summed E-state index contributed by atoms with van der Waals surface area (Å²) in [5, 5.41) is 0.832. The lowest BCUT2D eigenvalue weighted by Gasteiger charge is -2.09. The fourth-order valence-corrected chi connectivity index (χ4v) is 3.21. The van der Waals surface area contributed by atoms with E-state index in [4.69, 9.17) is 33.7 Å². The SMILES string of the molecule is NC(=O)CS(=O)Cc1ccc(Oc2c(Cl)cccc2Cl)cc1. The molecule has 0 aromatic heterocycles. The molecule has 0 spiro atoms. The van der Waals surface area contributed by atoms with E-state index >= 15 is 0 Å². The first-order valence-corrected chi connectivity index (χ1v) is 8.54. The number of para-hydroxylation sites is 1. The third kappa shape index (κ3) is 4.73. The Hall–Kier alpha value is -1.56. The molecule has 1 amide bonds. The predicted molar refractivity (Wildman–Crippen MR) is 88.9 cm³/mol. The van der Waals surface area contributed by atoms with Gasteiger partial charge >= 0.3 is 0 Å². The summed E-state index contributed by atoms with van der Waals surface area (Å²) in [6.07, 6.45) is 0. The van der Waals surface area contributed by atoms with Gasteiger partial charge in [0.05, 0.1) is 10.0 Å². The van der Waals surface area contributed by atoms with Crippen LogP contribution in [-0.2, 0) is 21.3 Å². The predicted octanol–water partition coefficient (Wildman–Crippen LogP) is 3.52. The Morgan fingerprint density at radius 2 is 1.68 bits per heavy atom. The number of hydrogen-bond donors (Lipinski definition) is 1. The summed E-state index contributed by atoms with van der Waals surface area (Å²) in [5.74, 6) is 0.478. The molecule has 0 aliphatic rings. The van der Waals surface area contributed by atoms with Crippen LogP contribution in [0.5, 0.6) is 11.5 Å². The van der Waals surface area contributed by atoms with Crippen LogP contribution in [0.15, 0.2) is 42.5 Å². The summed E-state index contributed by atoms with van der Waals surface area (Å²) >= 11 is 12.1. The summed E-state index contributed by atoms with van der Waals surface area (Å²) in [6, 6.07) is 12.1. The zero-order valence-corrected chi connectivity index (χ0v) is 13.8. The highest BCUT2D eigenvalue weighted by molar-refractivity contribution is 7.84. The molecule has 1 atom stereocenters. The van der Waals surface area contributed by atoms with Crippen LogP contribution in [0.3, 0.4) is 0 Å². The van der Waals surface area contributed by atoms with Crippen molar-refractivity contribution >= 4 is 39.9 Å². The van der Waals surface area contributed by atoms with Gasteiger partial charge in [0.15, 0.2) is 5.75 Å². The van der Waals surface area contributed by atoms with E-state index in [0.717, 1.165) is 5.56 Å². The number of carbonyl (C=O) groups is 1. The third-order valence-electron chi connectivity index (χ3n) is 2.69. The van der Waals surface area contributed by atoms with Gasteiger partial charge in [0.2, 0.25) is 5.91 Å². The fraction of sp³-hybridized carbons (Fsp3) is 0.133. The van der Waals surface area contributed by atoms with Gasteiger partial charge < -0.3 is 10.5 Å². The van der Waals surface area contributed by atoms with Crippen LogP contribution in [0.2, 0.25) is 10.0 Å². The van der Waals surface area contributed by atoms with Crippen molar-refractivity contribution in [3.63, 3.8) is 0 Å². The van der Waals surface area contributed by atoms with Crippen LogP contribution in [0.4, 0.5) is 0 Å². The van der Waals surface area contributed by atoms with Crippen LogP contribution in [0.25, 0.3) is 0 Å². The minimum Gasteiger partial charge on any atom is -0.454 e. The first-order valence-electron chi connectivity index (χ1n) is 6.30. The fourth-order valence-electron chi connectivity index (χ4n) is 1.75. The van der Waals surface area contributed by atoms with Crippen LogP contribution >= 0.6 is 23.2 Å². The molecule has 116 valence electrons. The number of amides is 1. The van der Waals surface area contributed by atoms with Crippen molar-refractivity contribution < 1.29 is 13.7 Å². The Morgan fingerprint density at radius 3 is 2.23 bits per heavy atom. The standard InChI is InChI=1S/C15H13Cl2NO3S/c16-12-2-1-3-13(17)15(12)21-11-6-4-10(5-7-11)8-22(20)9-14(18)19/h1-7H,8-9H2,(H2,18,19). The Kier molecular flexibility index (Phi) is 5.83. The summed E-state index contributed by atoms with van der Waals surface area (Å²) in [5.41, 5.74) is 5.83. The van der Waals surface area contributed by atoms with Gasteiger partial charge in [0, 0.05) is 16.6 Å².